The topological polar surface area (TPSA) is 114 Å². The van der Waals surface area contributed by atoms with E-state index in [0.29, 0.717) is 30.6 Å². The van der Waals surface area contributed by atoms with Gasteiger partial charge in [-0.25, -0.2) is 9.59 Å². The summed E-state index contributed by atoms with van der Waals surface area (Å²) in [5.41, 5.74) is 0.601. The molecule has 0 saturated heterocycles. The molecule has 8 heteroatoms. The Morgan fingerprint density at radius 3 is 2.21 bits per heavy atom. The van der Waals surface area contributed by atoms with Crippen LogP contribution in [0.1, 0.15) is 49.5 Å². The van der Waals surface area contributed by atoms with E-state index in [1.54, 1.807) is 57.2 Å². The molecule has 0 radical (unpaired) electrons. The number of para-hydroxylation sites is 1. The molecule has 1 unspecified atom stereocenters. The first kappa shape index (κ1) is 27.1. The Morgan fingerprint density at radius 2 is 1.62 bits per heavy atom. The highest BCUT2D eigenvalue weighted by Crippen LogP contribution is 2.15. The molecule has 0 spiro atoms. The first-order valence-electron chi connectivity index (χ1n) is 11.3. The Kier molecular flexibility index (Phi) is 10.3. The average Bonchev–Trinajstić information content (AvgIpc) is 2.79. The number of carbonyl (C=O) groups excluding carboxylic acids is 2. The molecule has 186 valence electrons. The molecule has 0 fully saturated rings. The van der Waals surface area contributed by atoms with Gasteiger partial charge in [0.05, 0.1) is 24.8 Å². The van der Waals surface area contributed by atoms with Gasteiger partial charge in [0.1, 0.15) is 24.1 Å². The third kappa shape index (κ3) is 9.80. The molecule has 2 rings (SSSR count). The molecule has 0 saturated carbocycles. The first-order valence-corrected chi connectivity index (χ1v) is 11.3. The van der Waals surface area contributed by atoms with Crippen LogP contribution in [0.5, 0.6) is 5.75 Å². The Labute approximate surface area is 200 Å². The lowest BCUT2D eigenvalue weighted by Gasteiger charge is -2.27. The molecule has 0 heterocycles. The minimum atomic E-state index is -1.01. The second-order valence-corrected chi connectivity index (χ2v) is 9.07. The lowest BCUT2D eigenvalue weighted by atomic mass is 9.98. The fourth-order valence-corrected chi connectivity index (χ4v) is 3.28. The number of ether oxygens (including phenoxy) is 3. The summed E-state index contributed by atoms with van der Waals surface area (Å²) in [5.74, 6) is 0.183. The Bertz CT molecular complexity index is 894. The molecule has 0 aliphatic heterocycles. The first-order chi connectivity index (χ1) is 16.1. The van der Waals surface area contributed by atoms with Crippen LogP contribution in [0.2, 0.25) is 0 Å². The zero-order chi connectivity index (χ0) is 25.1. The molecular weight excluding hydrogens is 438 g/mol. The number of aliphatic hydroxyl groups excluding tert-OH is 2. The zero-order valence-corrected chi connectivity index (χ0v) is 20.2. The highest BCUT2D eigenvalue weighted by atomic mass is 16.6. The highest BCUT2D eigenvalue weighted by Gasteiger charge is 2.26. The lowest BCUT2D eigenvalue weighted by Crippen LogP contribution is -2.47. The smallest absolute Gasteiger partial charge is 0.407 e. The fraction of sp³-hybridized carbons (Fsp3) is 0.462. The summed E-state index contributed by atoms with van der Waals surface area (Å²) in [6.45, 7) is 5.23. The highest BCUT2D eigenvalue weighted by molar-refractivity contribution is 5.89. The number of benzene rings is 2. The minimum absolute atomic E-state index is 0.0322. The fourth-order valence-electron chi connectivity index (χ4n) is 3.28. The molecule has 8 nitrogen and oxygen atoms in total. The van der Waals surface area contributed by atoms with Crippen LogP contribution in [0.15, 0.2) is 54.6 Å². The number of aliphatic hydroxyl groups is 2. The number of amides is 1. The van der Waals surface area contributed by atoms with Crippen molar-refractivity contribution in [2.45, 2.75) is 63.9 Å². The molecule has 0 bridgehead atoms. The number of hydrogen-bond acceptors (Lipinski definition) is 7. The maximum absolute atomic E-state index is 12.3. The van der Waals surface area contributed by atoms with Crippen molar-refractivity contribution in [1.82, 2.24) is 5.32 Å². The summed E-state index contributed by atoms with van der Waals surface area (Å²) in [6, 6.07) is 15.2. The van der Waals surface area contributed by atoms with Gasteiger partial charge in [-0.3, -0.25) is 0 Å². The van der Waals surface area contributed by atoms with Crippen molar-refractivity contribution in [2.24, 2.45) is 0 Å². The molecule has 2 aromatic carbocycles. The molecule has 3 N–H and O–H groups in total. The predicted molar refractivity (Wildman–Crippen MR) is 128 cm³/mol. The summed E-state index contributed by atoms with van der Waals surface area (Å²) in [4.78, 5) is 23.9. The van der Waals surface area contributed by atoms with E-state index in [4.69, 9.17) is 9.47 Å². The largest absolute Gasteiger partial charge is 0.491 e. The van der Waals surface area contributed by atoms with Crippen molar-refractivity contribution >= 4 is 12.1 Å². The average molecular weight is 474 g/mol. The molecule has 0 aliphatic carbocycles. The second kappa shape index (κ2) is 13.0. The van der Waals surface area contributed by atoms with Crippen molar-refractivity contribution in [2.75, 3.05) is 13.7 Å². The summed E-state index contributed by atoms with van der Waals surface area (Å²) < 4.78 is 15.6. The van der Waals surface area contributed by atoms with Gasteiger partial charge in [0.25, 0.3) is 0 Å². The molecular formula is C26H35NO7. The van der Waals surface area contributed by atoms with Crippen LogP contribution < -0.4 is 10.1 Å². The van der Waals surface area contributed by atoms with Gasteiger partial charge in [-0.2, -0.15) is 0 Å². The number of rotatable bonds is 11. The molecule has 2 aromatic rings. The van der Waals surface area contributed by atoms with Crippen molar-refractivity contribution in [3.8, 4) is 5.75 Å². The molecule has 0 aliphatic rings. The van der Waals surface area contributed by atoms with Gasteiger partial charge in [0.2, 0.25) is 0 Å². The van der Waals surface area contributed by atoms with E-state index in [2.05, 4.69) is 10.1 Å². The number of alkyl carbamates (subject to hydrolysis) is 1. The van der Waals surface area contributed by atoms with Crippen LogP contribution >= 0.6 is 0 Å². The Hall–Kier alpha value is -3.10. The monoisotopic (exact) mass is 473 g/mol. The van der Waals surface area contributed by atoms with E-state index < -0.39 is 35.9 Å². The van der Waals surface area contributed by atoms with Gasteiger partial charge in [0, 0.05) is 0 Å². The van der Waals surface area contributed by atoms with E-state index in [0.717, 1.165) is 5.56 Å². The zero-order valence-electron chi connectivity index (χ0n) is 20.2. The van der Waals surface area contributed by atoms with E-state index in [1.807, 2.05) is 18.2 Å². The van der Waals surface area contributed by atoms with Gasteiger partial charge in [-0.15, -0.1) is 0 Å². The van der Waals surface area contributed by atoms with E-state index in [-0.39, 0.29) is 6.61 Å². The van der Waals surface area contributed by atoms with Gasteiger partial charge in [-0.05, 0) is 69.9 Å². The Morgan fingerprint density at radius 1 is 0.971 bits per heavy atom. The molecule has 1 amide bonds. The third-order valence-electron chi connectivity index (χ3n) is 4.99. The Balaban J connectivity index is 1.95. The van der Waals surface area contributed by atoms with E-state index in [1.165, 1.54) is 7.11 Å². The molecule has 0 aromatic heterocycles. The van der Waals surface area contributed by atoms with Crippen molar-refractivity contribution in [3.05, 3.63) is 65.7 Å². The summed E-state index contributed by atoms with van der Waals surface area (Å²) in [6.07, 6.45) is -1.39. The van der Waals surface area contributed by atoms with Crippen LogP contribution in [0.4, 0.5) is 4.79 Å². The van der Waals surface area contributed by atoms with Crippen molar-refractivity contribution in [1.29, 1.82) is 0 Å². The second-order valence-electron chi connectivity index (χ2n) is 9.07. The number of carbonyl (C=O) groups is 2. The quantitative estimate of drug-likeness (QED) is 0.428. The lowest BCUT2D eigenvalue weighted by molar-refractivity contribution is 0.0307. The van der Waals surface area contributed by atoms with Gasteiger partial charge >= 0.3 is 12.1 Å². The van der Waals surface area contributed by atoms with Gasteiger partial charge in [0.15, 0.2) is 0 Å². The van der Waals surface area contributed by atoms with Crippen LogP contribution in [-0.2, 0) is 15.9 Å². The predicted octanol–water partition coefficient (Wildman–Crippen LogP) is 3.49. The van der Waals surface area contributed by atoms with Crippen molar-refractivity contribution < 1.29 is 34.0 Å². The number of esters is 1. The number of nitrogens with one attached hydrogen (secondary N) is 1. The maximum Gasteiger partial charge on any atom is 0.407 e. The van der Waals surface area contributed by atoms with Gasteiger partial charge < -0.3 is 29.7 Å². The summed E-state index contributed by atoms with van der Waals surface area (Å²) in [7, 11) is 1.32. The SMILES string of the molecule is COC(=O)c1ccc(CC(O)CC[C@@H](NC(=O)OC(C)(C)C)[C@H](O)COc2ccccc2)cc1. The van der Waals surface area contributed by atoms with E-state index >= 15 is 0 Å². The molecule has 34 heavy (non-hydrogen) atoms. The van der Waals surface area contributed by atoms with Crippen LogP contribution in [0, 0.1) is 0 Å². The van der Waals surface area contributed by atoms with Gasteiger partial charge in [-0.1, -0.05) is 30.3 Å². The summed E-state index contributed by atoms with van der Waals surface area (Å²) in [5, 5.41) is 23.9. The van der Waals surface area contributed by atoms with Crippen molar-refractivity contribution in [3.63, 3.8) is 0 Å². The number of hydrogen-bond donors (Lipinski definition) is 3. The van der Waals surface area contributed by atoms with Crippen LogP contribution in [-0.4, -0.2) is 59.8 Å². The summed E-state index contributed by atoms with van der Waals surface area (Å²) >= 11 is 0. The van der Waals surface area contributed by atoms with Crippen LogP contribution in [0.3, 0.4) is 0 Å². The standard InChI is InChI=1S/C26H35NO7/c1-26(2,3)34-25(31)27-22(23(29)17-33-21-8-6-5-7-9-21)15-14-20(28)16-18-10-12-19(13-11-18)24(30)32-4/h5-13,20,22-23,28-29H,14-17H2,1-4H3,(H,27,31)/t20?,22-,23-/m1/s1. The van der Waals surface area contributed by atoms with E-state index in [9.17, 15) is 19.8 Å². The third-order valence-corrected chi connectivity index (χ3v) is 4.99. The normalized spacial score (nSPS) is 13.9. The van der Waals surface area contributed by atoms with Crippen LogP contribution in [0.25, 0.3) is 0 Å². The minimum Gasteiger partial charge on any atom is -0.491 e. The maximum atomic E-state index is 12.3. The molecule has 3 atom stereocenters. The number of methoxy groups -OCH3 is 1.